The Morgan fingerprint density at radius 2 is 1.76 bits per heavy atom. The first-order valence-electron chi connectivity index (χ1n) is 10.1. The van der Waals surface area contributed by atoms with Crippen molar-refractivity contribution in [3.8, 4) is 11.1 Å². The maximum absolute atomic E-state index is 12.6. The van der Waals surface area contributed by atoms with E-state index in [-0.39, 0.29) is 18.9 Å². The van der Waals surface area contributed by atoms with E-state index in [0.29, 0.717) is 13.0 Å². The van der Waals surface area contributed by atoms with Crippen LogP contribution in [0.4, 0.5) is 4.79 Å². The smallest absolute Gasteiger partial charge is 0.407 e. The molecule has 4 rings (SSSR count). The van der Waals surface area contributed by atoms with E-state index in [9.17, 15) is 14.7 Å². The molecule has 0 spiro atoms. The highest BCUT2D eigenvalue weighted by atomic mass is 16.5. The fourth-order valence-electron chi connectivity index (χ4n) is 4.66. The molecule has 152 valence electrons. The number of ether oxygens (including phenoxy) is 1. The minimum atomic E-state index is -0.915. The van der Waals surface area contributed by atoms with E-state index < -0.39 is 17.6 Å². The Morgan fingerprint density at radius 3 is 2.31 bits per heavy atom. The number of carboxylic acids is 1. The standard InChI is InChI=1S/C23H26N2O4/c1-2-25-12-11-23(15-25,13-21(26)27)24-22(28)29-14-20-18-9-5-3-7-16(18)17-8-4-6-10-19(17)20/h3-10,20H,2,11-15H2,1H3,(H,24,28)(H,26,27). The Morgan fingerprint density at radius 1 is 1.14 bits per heavy atom. The van der Waals surface area contributed by atoms with Crippen LogP contribution in [0, 0.1) is 0 Å². The zero-order valence-electron chi connectivity index (χ0n) is 16.6. The summed E-state index contributed by atoms with van der Waals surface area (Å²) in [6.45, 7) is 4.38. The van der Waals surface area contributed by atoms with Crippen LogP contribution in [0.2, 0.25) is 0 Å². The molecule has 0 aromatic heterocycles. The number of amides is 1. The molecule has 1 atom stereocenters. The zero-order chi connectivity index (χ0) is 20.4. The normalized spacial score (nSPS) is 20.9. The number of likely N-dealkylation sites (N-methyl/N-ethyl adjacent to an activating group) is 1. The van der Waals surface area contributed by atoms with Gasteiger partial charge < -0.3 is 20.1 Å². The number of rotatable bonds is 6. The lowest BCUT2D eigenvalue weighted by Crippen LogP contribution is -2.52. The van der Waals surface area contributed by atoms with Gasteiger partial charge in [-0.05, 0) is 35.2 Å². The van der Waals surface area contributed by atoms with Gasteiger partial charge >= 0.3 is 12.1 Å². The van der Waals surface area contributed by atoms with Crippen molar-refractivity contribution in [1.29, 1.82) is 0 Å². The second-order valence-electron chi connectivity index (χ2n) is 7.92. The highest BCUT2D eigenvalue weighted by Gasteiger charge is 2.41. The van der Waals surface area contributed by atoms with Crippen molar-refractivity contribution in [2.24, 2.45) is 0 Å². The van der Waals surface area contributed by atoms with Gasteiger partial charge in [0.15, 0.2) is 0 Å². The summed E-state index contributed by atoms with van der Waals surface area (Å²) in [5.41, 5.74) is 3.88. The minimum absolute atomic E-state index is 0.0145. The lowest BCUT2D eigenvalue weighted by atomic mass is 9.94. The lowest BCUT2D eigenvalue weighted by Gasteiger charge is -2.29. The van der Waals surface area contributed by atoms with Gasteiger partial charge in [-0.1, -0.05) is 55.5 Å². The summed E-state index contributed by atoms with van der Waals surface area (Å²) in [5, 5.41) is 12.2. The van der Waals surface area contributed by atoms with Gasteiger partial charge in [0.2, 0.25) is 0 Å². The van der Waals surface area contributed by atoms with E-state index in [2.05, 4.69) is 34.5 Å². The summed E-state index contributed by atoms with van der Waals surface area (Å²) in [6, 6.07) is 16.4. The molecular formula is C23H26N2O4. The first kappa shape index (κ1) is 19.5. The van der Waals surface area contributed by atoms with Crippen molar-refractivity contribution in [1.82, 2.24) is 10.2 Å². The van der Waals surface area contributed by atoms with Crippen LogP contribution in [0.15, 0.2) is 48.5 Å². The van der Waals surface area contributed by atoms with Crippen LogP contribution in [0.1, 0.15) is 36.8 Å². The molecule has 1 aliphatic heterocycles. The van der Waals surface area contributed by atoms with Crippen molar-refractivity contribution in [3.05, 3.63) is 59.7 Å². The average molecular weight is 394 g/mol. The second kappa shape index (κ2) is 7.87. The molecule has 0 radical (unpaired) electrons. The summed E-state index contributed by atoms with van der Waals surface area (Å²) in [6.07, 6.45) is -0.0449. The summed E-state index contributed by atoms with van der Waals surface area (Å²) in [5.74, 6) is -0.929. The molecule has 29 heavy (non-hydrogen) atoms. The van der Waals surface area contributed by atoms with Crippen LogP contribution in [-0.2, 0) is 9.53 Å². The van der Waals surface area contributed by atoms with Gasteiger partial charge in [-0.2, -0.15) is 0 Å². The number of aliphatic carboxylic acids is 1. The van der Waals surface area contributed by atoms with Gasteiger partial charge in [-0.25, -0.2) is 4.79 Å². The number of fused-ring (bicyclic) bond motifs is 3. The van der Waals surface area contributed by atoms with E-state index in [1.165, 1.54) is 11.1 Å². The third kappa shape index (κ3) is 3.85. The van der Waals surface area contributed by atoms with Crippen LogP contribution in [0.3, 0.4) is 0 Å². The number of carbonyl (C=O) groups excluding carboxylic acids is 1. The molecule has 1 amide bonds. The Labute approximate surface area is 170 Å². The third-order valence-corrected chi connectivity index (χ3v) is 6.08. The summed E-state index contributed by atoms with van der Waals surface area (Å²) >= 11 is 0. The number of nitrogens with zero attached hydrogens (tertiary/aromatic N) is 1. The molecule has 6 nitrogen and oxygen atoms in total. The quantitative estimate of drug-likeness (QED) is 0.784. The Bertz CT molecular complexity index is 883. The maximum Gasteiger partial charge on any atom is 0.407 e. The molecule has 1 heterocycles. The summed E-state index contributed by atoms with van der Waals surface area (Å²) < 4.78 is 5.62. The van der Waals surface area contributed by atoms with Crippen LogP contribution >= 0.6 is 0 Å². The van der Waals surface area contributed by atoms with Crippen LogP contribution in [-0.4, -0.2) is 53.8 Å². The number of hydrogen-bond donors (Lipinski definition) is 2. The SMILES string of the molecule is CCN1CCC(CC(=O)O)(NC(=O)OCC2c3ccccc3-c3ccccc32)C1. The van der Waals surface area contributed by atoms with Crippen molar-refractivity contribution in [2.45, 2.75) is 31.2 Å². The average Bonchev–Trinajstić information content (AvgIpc) is 3.25. The molecule has 2 aromatic rings. The molecule has 2 N–H and O–H groups in total. The van der Waals surface area contributed by atoms with Gasteiger partial charge in [-0.15, -0.1) is 0 Å². The fraction of sp³-hybridized carbons (Fsp3) is 0.391. The Hall–Kier alpha value is -2.86. The highest BCUT2D eigenvalue weighted by molar-refractivity contribution is 5.79. The van der Waals surface area contributed by atoms with Gasteiger partial charge in [0.05, 0.1) is 12.0 Å². The number of benzene rings is 2. The largest absolute Gasteiger partial charge is 0.481 e. The Kier molecular flexibility index (Phi) is 5.28. The topological polar surface area (TPSA) is 78.9 Å². The number of nitrogens with one attached hydrogen (secondary N) is 1. The molecule has 6 heteroatoms. The van der Waals surface area contributed by atoms with Gasteiger partial charge in [-0.3, -0.25) is 4.79 Å². The molecule has 1 aliphatic carbocycles. The van der Waals surface area contributed by atoms with Crippen LogP contribution < -0.4 is 5.32 Å². The molecule has 1 saturated heterocycles. The van der Waals surface area contributed by atoms with E-state index >= 15 is 0 Å². The monoisotopic (exact) mass is 394 g/mol. The number of carbonyl (C=O) groups is 2. The van der Waals surface area contributed by atoms with Gasteiger partial charge in [0.25, 0.3) is 0 Å². The van der Waals surface area contributed by atoms with Crippen molar-refractivity contribution >= 4 is 12.1 Å². The molecule has 0 saturated carbocycles. The van der Waals surface area contributed by atoms with Crippen LogP contribution in [0.5, 0.6) is 0 Å². The summed E-state index contributed by atoms with van der Waals surface area (Å²) in [7, 11) is 0. The van der Waals surface area contributed by atoms with Crippen LogP contribution in [0.25, 0.3) is 11.1 Å². The number of alkyl carbamates (subject to hydrolysis) is 1. The minimum Gasteiger partial charge on any atom is -0.481 e. The second-order valence-corrected chi connectivity index (χ2v) is 7.92. The first-order valence-corrected chi connectivity index (χ1v) is 10.1. The summed E-state index contributed by atoms with van der Waals surface area (Å²) in [4.78, 5) is 26.1. The van der Waals surface area contributed by atoms with Crippen molar-refractivity contribution < 1.29 is 19.4 Å². The number of likely N-dealkylation sites (tertiary alicyclic amines) is 1. The van der Waals surface area contributed by atoms with Crippen molar-refractivity contribution in [3.63, 3.8) is 0 Å². The predicted molar refractivity (Wildman–Crippen MR) is 110 cm³/mol. The molecule has 1 fully saturated rings. The molecule has 0 bridgehead atoms. The maximum atomic E-state index is 12.6. The molecule has 2 aromatic carbocycles. The van der Waals surface area contributed by atoms with E-state index in [1.54, 1.807) is 0 Å². The van der Waals surface area contributed by atoms with E-state index in [4.69, 9.17) is 4.74 Å². The zero-order valence-corrected chi connectivity index (χ0v) is 16.6. The first-order chi connectivity index (χ1) is 14.0. The molecule has 2 aliphatic rings. The Balaban J connectivity index is 1.46. The number of hydrogen-bond acceptors (Lipinski definition) is 4. The van der Waals surface area contributed by atoms with Gasteiger partial charge in [0, 0.05) is 19.0 Å². The molecule has 1 unspecified atom stereocenters. The fourth-order valence-corrected chi connectivity index (χ4v) is 4.66. The number of carboxylic acid groups (broad SMARTS) is 1. The van der Waals surface area contributed by atoms with Gasteiger partial charge in [0.1, 0.15) is 6.61 Å². The van der Waals surface area contributed by atoms with E-state index in [0.717, 1.165) is 24.2 Å². The highest BCUT2D eigenvalue weighted by Crippen LogP contribution is 2.44. The molecular weight excluding hydrogens is 368 g/mol. The lowest BCUT2D eigenvalue weighted by molar-refractivity contribution is -0.138. The van der Waals surface area contributed by atoms with Crippen molar-refractivity contribution in [2.75, 3.05) is 26.2 Å². The van der Waals surface area contributed by atoms with E-state index in [1.807, 2.05) is 31.2 Å². The predicted octanol–water partition coefficient (Wildman–Crippen LogP) is 3.46. The third-order valence-electron chi connectivity index (χ3n) is 6.08.